The Labute approximate surface area is 156 Å². The second-order valence-electron chi connectivity index (χ2n) is 7.67. The Balaban J connectivity index is 0.000000352. The molecule has 0 unspecified atom stereocenters. The topological polar surface area (TPSA) is 95.3 Å². The van der Waals surface area contributed by atoms with Gasteiger partial charge in [0.05, 0.1) is 17.3 Å². The van der Waals surface area contributed by atoms with Crippen molar-refractivity contribution in [3.8, 4) is 5.75 Å². The number of hydrogen-bond donors (Lipinski definition) is 2. The van der Waals surface area contributed by atoms with Crippen LogP contribution in [0.25, 0.3) is 0 Å². The monoisotopic (exact) mass is 362 g/mol. The van der Waals surface area contributed by atoms with Gasteiger partial charge >= 0.3 is 7.12 Å². The van der Waals surface area contributed by atoms with Gasteiger partial charge in [0.15, 0.2) is 0 Å². The van der Waals surface area contributed by atoms with Crippen molar-refractivity contribution >= 4 is 18.9 Å². The van der Waals surface area contributed by atoms with E-state index in [4.69, 9.17) is 25.6 Å². The SMILES string of the molecule is CC1(C)OB(c2ccc(OC3CCC3)cc2)OC1(C)C.CN(N)/N=C\N. The van der Waals surface area contributed by atoms with E-state index in [1.165, 1.54) is 19.3 Å². The Hall–Kier alpha value is -1.77. The van der Waals surface area contributed by atoms with E-state index in [1.54, 1.807) is 7.05 Å². The minimum atomic E-state index is -0.294. The van der Waals surface area contributed by atoms with E-state index >= 15 is 0 Å². The van der Waals surface area contributed by atoms with Crippen LogP contribution in [0.2, 0.25) is 0 Å². The smallest absolute Gasteiger partial charge is 0.490 e. The summed E-state index contributed by atoms with van der Waals surface area (Å²) < 4.78 is 17.9. The summed E-state index contributed by atoms with van der Waals surface area (Å²) >= 11 is 0. The lowest BCUT2D eigenvalue weighted by Crippen LogP contribution is -2.41. The zero-order valence-electron chi connectivity index (χ0n) is 16.4. The summed E-state index contributed by atoms with van der Waals surface area (Å²) in [6.07, 6.45) is 5.19. The molecule has 0 bridgehead atoms. The highest BCUT2D eigenvalue weighted by Gasteiger charge is 2.51. The van der Waals surface area contributed by atoms with E-state index in [2.05, 4.69) is 32.8 Å². The van der Waals surface area contributed by atoms with Gasteiger partial charge in [0.2, 0.25) is 0 Å². The van der Waals surface area contributed by atoms with E-state index in [9.17, 15) is 0 Å². The van der Waals surface area contributed by atoms with Crippen molar-refractivity contribution in [1.82, 2.24) is 5.12 Å². The molecule has 1 heterocycles. The van der Waals surface area contributed by atoms with Crippen molar-refractivity contribution in [2.24, 2.45) is 16.7 Å². The van der Waals surface area contributed by atoms with E-state index < -0.39 is 0 Å². The molecule has 1 aromatic rings. The molecule has 2 aliphatic rings. The molecule has 144 valence electrons. The Kier molecular flexibility index (Phi) is 6.55. The van der Waals surface area contributed by atoms with Gasteiger partial charge < -0.3 is 19.8 Å². The lowest BCUT2D eigenvalue weighted by molar-refractivity contribution is 0.00578. The minimum absolute atomic E-state index is 0.293. The molecular formula is C18H31BN4O3. The number of rotatable bonds is 4. The Bertz CT molecular complexity index is 585. The van der Waals surface area contributed by atoms with Crippen molar-refractivity contribution in [2.45, 2.75) is 64.3 Å². The molecule has 4 N–H and O–H groups in total. The first kappa shape index (κ1) is 20.5. The molecule has 1 aliphatic heterocycles. The standard InChI is InChI=1S/C16H23BO3.C2H8N4/c1-15(2)16(3,4)20-17(19-15)12-8-10-14(11-9-12)18-13-6-5-7-13;1-6(4)5-2-3/h8-11,13H,5-7H2,1-4H3;2H,4H2,1H3,(H2,3,5). The normalized spacial score (nSPS) is 21.1. The summed E-state index contributed by atoms with van der Waals surface area (Å²) in [6.45, 7) is 8.28. The number of nitrogens with two attached hydrogens (primary N) is 2. The second-order valence-corrected chi connectivity index (χ2v) is 7.67. The first-order valence-electron chi connectivity index (χ1n) is 8.99. The van der Waals surface area contributed by atoms with Crippen LogP contribution in [0, 0.1) is 0 Å². The van der Waals surface area contributed by atoms with Gasteiger partial charge in [-0.25, -0.2) is 11.0 Å². The molecule has 1 saturated carbocycles. The molecule has 0 spiro atoms. The van der Waals surface area contributed by atoms with Gasteiger partial charge in [-0.05, 0) is 64.6 Å². The zero-order chi connectivity index (χ0) is 19.4. The molecule has 0 aromatic heterocycles. The van der Waals surface area contributed by atoms with Crippen LogP contribution in [-0.4, -0.2) is 42.9 Å². The lowest BCUT2D eigenvalue weighted by Gasteiger charge is -2.32. The molecule has 26 heavy (non-hydrogen) atoms. The quantitative estimate of drug-likeness (QED) is 0.278. The van der Waals surface area contributed by atoms with Crippen molar-refractivity contribution in [1.29, 1.82) is 0 Å². The third-order valence-corrected chi connectivity index (χ3v) is 5.01. The fourth-order valence-electron chi connectivity index (χ4n) is 2.47. The first-order chi connectivity index (χ1) is 12.1. The Morgan fingerprint density at radius 1 is 1.15 bits per heavy atom. The summed E-state index contributed by atoms with van der Waals surface area (Å²) in [6, 6.07) is 8.10. The number of nitrogens with zero attached hydrogens (tertiary/aromatic N) is 2. The summed E-state index contributed by atoms with van der Waals surface area (Å²) in [5.74, 6) is 5.90. The van der Waals surface area contributed by atoms with Gasteiger partial charge in [-0.2, -0.15) is 5.10 Å². The summed E-state index contributed by atoms with van der Waals surface area (Å²) in [5, 5.41) is 4.51. The molecule has 2 fully saturated rings. The largest absolute Gasteiger partial charge is 0.494 e. The molecule has 0 radical (unpaired) electrons. The maximum absolute atomic E-state index is 6.04. The fourth-order valence-corrected chi connectivity index (χ4v) is 2.47. The highest BCUT2D eigenvalue weighted by Crippen LogP contribution is 2.36. The number of ether oxygens (including phenoxy) is 1. The van der Waals surface area contributed by atoms with Gasteiger partial charge in [-0.1, -0.05) is 12.1 Å². The molecule has 0 amide bonds. The van der Waals surface area contributed by atoms with Crippen molar-refractivity contribution < 1.29 is 14.0 Å². The molecule has 1 aliphatic carbocycles. The van der Waals surface area contributed by atoms with E-state index in [1.807, 2.05) is 24.3 Å². The van der Waals surface area contributed by atoms with Crippen LogP contribution in [0.1, 0.15) is 47.0 Å². The third kappa shape index (κ3) is 5.12. The van der Waals surface area contributed by atoms with Crippen LogP contribution >= 0.6 is 0 Å². The molecule has 0 atom stereocenters. The van der Waals surface area contributed by atoms with Crippen molar-refractivity contribution in [3.63, 3.8) is 0 Å². The molecule has 8 heteroatoms. The van der Waals surface area contributed by atoms with Gasteiger partial charge in [-0.3, -0.25) is 0 Å². The average molecular weight is 362 g/mol. The van der Waals surface area contributed by atoms with Crippen LogP contribution in [0.3, 0.4) is 0 Å². The maximum atomic E-state index is 6.04. The van der Waals surface area contributed by atoms with Gasteiger partial charge in [0, 0.05) is 7.05 Å². The summed E-state index contributed by atoms with van der Waals surface area (Å²) in [7, 11) is 1.29. The average Bonchev–Trinajstić information content (AvgIpc) is 2.72. The Morgan fingerprint density at radius 2 is 1.69 bits per heavy atom. The summed E-state index contributed by atoms with van der Waals surface area (Å²) in [5.41, 5.74) is 5.28. The van der Waals surface area contributed by atoms with Crippen LogP contribution in [-0.2, 0) is 9.31 Å². The van der Waals surface area contributed by atoms with E-state index in [0.29, 0.717) is 6.10 Å². The predicted molar refractivity (Wildman–Crippen MR) is 105 cm³/mol. The minimum Gasteiger partial charge on any atom is -0.490 e. The van der Waals surface area contributed by atoms with Crippen molar-refractivity contribution in [3.05, 3.63) is 24.3 Å². The first-order valence-corrected chi connectivity index (χ1v) is 8.99. The van der Waals surface area contributed by atoms with Crippen LogP contribution in [0.4, 0.5) is 0 Å². The van der Waals surface area contributed by atoms with Gasteiger partial charge in [0.1, 0.15) is 12.1 Å². The fraction of sp³-hybridized carbons (Fsp3) is 0.611. The number of hydrazine groups is 1. The third-order valence-electron chi connectivity index (χ3n) is 5.01. The van der Waals surface area contributed by atoms with E-state index in [-0.39, 0.29) is 18.3 Å². The van der Waals surface area contributed by atoms with Crippen molar-refractivity contribution in [2.75, 3.05) is 7.05 Å². The van der Waals surface area contributed by atoms with Gasteiger partial charge in [0.25, 0.3) is 0 Å². The zero-order valence-corrected chi connectivity index (χ0v) is 16.4. The highest BCUT2D eigenvalue weighted by atomic mass is 16.7. The molecule has 1 saturated heterocycles. The Morgan fingerprint density at radius 3 is 2.04 bits per heavy atom. The maximum Gasteiger partial charge on any atom is 0.494 e. The molecule has 1 aromatic carbocycles. The number of benzene rings is 1. The molecular weight excluding hydrogens is 331 g/mol. The highest BCUT2D eigenvalue weighted by molar-refractivity contribution is 6.62. The predicted octanol–water partition coefficient (Wildman–Crippen LogP) is 1.61. The van der Waals surface area contributed by atoms with Gasteiger partial charge in [-0.15, -0.1) is 0 Å². The lowest BCUT2D eigenvalue weighted by atomic mass is 9.79. The number of hydrogen-bond acceptors (Lipinski definition) is 6. The second kappa shape index (κ2) is 8.29. The molecule has 7 nitrogen and oxygen atoms in total. The van der Waals surface area contributed by atoms with E-state index in [0.717, 1.165) is 22.7 Å². The van der Waals surface area contributed by atoms with Crippen LogP contribution < -0.4 is 21.8 Å². The number of hydrazone groups is 1. The van der Waals surface area contributed by atoms with Crippen LogP contribution in [0.15, 0.2) is 29.4 Å². The van der Waals surface area contributed by atoms with Crippen LogP contribution in [0.5, 0.6) is 5.75 Å². The molecule has 3 rings (SSSR count). The summed E-state index contributed by atoms with van der Waals surface area (Å²) in [4.78, 5) is 0.